The molecule has 0 atom stereocenters. The second-order valence-electron chi connectivity index (χ2n) is 3.50. The van der Waals surface area contributed by atoms with Gasteiger partial charge in [-0.25, -0.2) is 4.98 Å². The lowest BCUT2D eigenvalue weighted by atomic mass is 10.3. The van der Waals surface area contributed by atoms with E-state index in [0.717, 1.165) is 14.6 Å². The molecule has 0 radical (unpaired) electrons. The number of nitriles is 1. The number of halogens is 2. The molecule has 0 unspecified atom stereocenters. The Morgan fingerprint density at radius 2 is 2.00 bits per heavy atom. The van der Waals surface area contributed by atoms with Gasteiger partial charge in [-0.2, -0.15) is 5.26 Å². The molecule has 4 nitrogen and oxygen atoms in total. The molecule has 2 rings (SSSR count). The first-order valence-electron chi connectivity index (χ1n) is 4.99. The van der Waals surface area contributed by atoms with E-state index in [1.165, 1.54) is 0 Å². The molecular weight excluding hydrogens is 360 g/mol. The summed E-state index contributed by atoms with van der Waals surface area (Å²) in [4.78, 5) is 4.12. The first kappa shape index (κ1) is 12.9. The van der Waals surface area contributed by atoms with Crippen molar-refractivity contribution < 1.29 is 0 Å². The van der Waals surface area contributed by atoms with Crippen molar-refractivity contribution in [3.05, 3.63) is 45.0 Å². The maximum absolute atomic E-state index is 8.86. The lowest BCUT2D eigenvalue weighted by molar-refractivity contribution is 1.26. The molecule has 1 aromatic heterocycles. The molecule has 0 saturated carbocycles. The van der Waals surface area contributed by atoms with Crippen molar-refractivity contribution in [2.24, 2.45) is 0 Å². The maximum Gasteiger partial charge on any atom is 0.165 e. The summed E-state index contributed by atoms with van der Waals surface area (Å²) in [5, 5.41) is 12.0. The van der Waals surface area contributed by atoms with Crippen molar-refractivity contribution in [1.82, 2.24) is 4.98 Å². The van der Waals surface area contributed by atoms with Crippen LogP contribution in [0.2, 0.25) is 0 Å². The zero-order valence-corrected chi connectivity index (χ0v) is 12.3. The fourth-order valence-electron chi connectivity index (χ4n) is 1.36. The van der Waals surface area contributed by atoms with E-state index in [-0.39, 0.29) is 5.69 Å². The van der Waals surface area contributed by atoms with Crippen LogP contribution < -0.4 is 11.1 Å². The molecule has 6 heteroatoms. The van der Waals surface area contributed by atoms with Crippen LogP contribution >= 0.6 is 31.9 Å². The van der Waals surface area contributed by atoms with Crippen LogP contribution in [0.25, 0.3) is 0 Å². The highest BCUT2D eigenvalue weighted by Crippen LogP contribution is 2.28. The molecule has 0 bridgehead atoms. The van der Waals surface area contributed by atoms with Crippen LogP contribution in [0, 0.1) is 11.3 Å². The predicted octanol–water partition coefficient (Wildman–Crippen LogP) is 3.80. The second-order valence-corrected chi connectivity index (χ2v) is 5.27. The number of hydrogen-bond donors (Lipinski definition) is 2. The van der Waals surface area contributed by atoms with Gasteiger partial charge in [-0.15, -0.1) is 0 Å². The maximum atomic E-state index is 8.86. The lowest BCUT2D eigenvalue weighted by Gasteiger charge is -2.09. The fourth-order valence-corrected chi connectivity index (χ4v) is 2.50. The van der Waals surface area contributed by atoms with Crippen molar-refractivity contribution in [2.45, 2.75) is 0 Å². The average molecular weight is 368 g/mol. The third-order valence-corrected chi connectivity index (χ3v) is 3.38. The van der Waals surface area contributed by atoms with Gasteiger partial charge in [0.2, 0.25) is 0 Å². The van der Waals surface area contributed by atoms with E-state index < -0.39 is 0 Å². The van der Waals surface area contributed by atoms with E-state index in [0.29, 0.717) is 11.5 Å². The highest BCUT2D eigenvalue weighted by atomic mass is 79.9. The molecule has 0 fully saturated rings. The second kappa shape index (κ2) is 5.38. The zero-order valence-electron chi connectivity index (χ0n) is 9.11. The van der Waals surface area contributed by atoms with Crippen molar-refractivity contribution >= 4 is 49.1 Å². The quantitative estimate of drug-likeness (QED) is 0.846. The van der Waals surface area contributed by atoms with Crippen LogP contribution in [0.1, 0.15) is 5.69 Å². The molecule has 2 aromatic rings. The number of benzene rings is 1. The Labute approximate surface area is 121 Å². The van der Waals surface area contributed by atoms with Gasteiger partial charge in [0.25, 0.3) is 0 Å². The average Bonchev–Trinajstić information content (AvgIpc) is 2.35. The summed E-state index contributed by atoms with van der Waals surface area (Å²) in [6.07, 6.45) is 0. The summed E-state index contributed by atoms with van der Waals surface area (Å²) >= 11 is 6.83. The van der Waals surface area contributed by atoms with Gasteiger partial charge in [-0.05, 0) is 46.3 Å². The standard InChI is InChI=1S/C12H8Br2N4/c13-7-1-3-10(8(14)5-7)17-12-4-2-9(16)11(6-15)18-12/h1-5H,16H2,(H,17,18). The fraction of sp³-hybridized carbons (Fsp3) is 0. The number of nitrogen functional groups attached to an aromatic ring is 1. The summed E-state index contributed by atoms with van der Waals surface area (Å²) < 4.78 is 1.87. The Hall–Kier alpha value is -1.58. The van der Waals surface area contributed by atoms with Gasteiger partial charge in [0, 0.05) is 8.95 Å². The number of nitrogens with one attached hydrogen (secondary N) is 1. The van der Waals surface area contributed by atoms with Gasteiger partial charge < -0.3 is 11.1 Å². The summed E-state index contributed by atoms with van der Waals surface area (Å²) in [7, 11) is 0. The Kier molecular flexibility index (Phi) is 3.84. The number of pyridine rings is 1. The molecule has 3 N–H and O–H groups in total. The van der Waals surface area contributed by atoms with E-state index in [1.807, 2.05) is 24.3 Å². The first-order valence-corrected chi connectivity index (χ1v) is 6.57. The topological polar surface area (TPSA) is 74.7 Å². The highest BCUT2D eigenvalue weighted by Gasteiger charge is 2.05. The van der Waals surface area contributed by atoms with Crippen molar-refractivity contribution in [3.8, 4) is 6.07 Å². The summed E-state index contributed by atoms with van der Waals surface area (Å²) in [6, 6.07) is 11.1. The molecule has 0 saturated heterocycles. The van der Waals surface area contributed by atoms with Crippen LogP contribution in [-0.4, -0.2) is 4.98 Å². The Bertz CT molecular complexity index is 634. The molecule has 1 heterocycles. The molecular formula is C12H8Br2N4. The molecule has 90 valence electrons. The minimum absolute atomic E-state index is 0.216. The van der Waals surface area contributed by atoms with Gasteiger partial charge in [0.15, 0.2) is 5.69 Å². The van der Waals surface area contributed by atoms with Gasteiger partial charge in [0.1, 0.15) is 11.9 Å². The minimum Gasteiger partial charge on any atom is -0.396 e. The first-order chi connectivity index (χ1) is 8.60. The van der Waals surface area contributed by atoms with Crippen LogP contribution in [-0.2, 0) is 0 Å². The van der Waals surface area contributed by atoms with Crippen molar-refractivity contribution in [2.75, 3.05) is 11.1 Å². The zero-order chi connectivity index (χ0) is 13.1. The van der Waals surface area contributed by atoms with E-state index in [1.54, 1.807) is 12.1 Å². The largest absolute Gasteiger partial charge is 0.396 e. The molecule has 0 aliphatic carbocycles. The molecule has 0 spiro atoms. The monoisotopic (exact) mass is 366 g/mol. The van der Waals surface area contributed by atoms with Crippen molar-refractivity contribution in [1.29, 1.82) is 5.26 Å². The van der Waals surface area contributed by atoms with Crippen molar-refractivity contribution in [3.63, 3.8) is 0 Å². The summed E-state index contributed by atoms with van der Waals surface area (Å²) in [5.41, 5.74) is 7.06. The molecule has 18 heavy (non-hydrogen) atoms. The molecule has 0 amide bonds. The number of anilines is 3. The van der Waals surface area contributed by atoms with Crippen LogP contribution in [0.15, 0.2) is 39.3 Å². The normalized spacial score (nSPS) is 9.83. The minimum atomic E-state index is 0.216. The van der Waals surface area contributed by atoms with E-state index >= 15 is 0 Å². The number of nitrogens with zero attached hydrogens (tertiary/aromatic N) is 2. The Balaban J connectivity index is 2.32. The number of nitrogens with two attached hydrogens (primary N) is 1. The van der Waals surface area contributed by atoms with Crippen LogP contribution in [0.3, 0.4) is 0 Å². The van der Waals surface area contributed by atoms with Gasteiger partial charge in [-0.3, -0.25) is 0 Å². The number of aromatic nitrogens is 1. The van der Waals surface area contributed by atoms with Gasteiger partial charge in [0.05, 0.1) is 11.4 Å². The Morgan fingerprint density at radius 1 is 1.22 bits per heavy atom. The third kappa shape index (κ3) is 2.81. The summed E-state index contributed by atoms with van der Waals surface area (Å²) in [5.74, 6) is 0.573. The molecule has 1 aromatic carbocycles. The number of hydrogen-bond acceptors (Lipinski definition) is 4. The number of rotatable bonds is 2. The van der Waals surface area contributed by atoms with E-state index in [9.17, 15) is 0 Å². The predicted molar refractivity (Wildman–Crippen MR) is 78.5 cm³/mol. The highest BCUT2D eigenvalue weighted by molar-refractivity contribution is 9.11. The molecule has 0 aliphatic heterocycles. The van der Waals surface area contributed by atoms with Crippen LogP contribution in [0.5, 0.6) is 0 Å². The smallest absolute Gasteiger partial charge is 0.165 e. The SMILES string of the molecule is N#Cc1nc(Nc2ccc(Br)cc2Br)ccc1N. The third-order valence-electron chi connectivity index (χ3n) is 2.23. The molecule has 0 aliphatic rings. The van der Waals surface area contributed by atoms with E-state index in [2.05, 4.69) is 42.2 Å². The van der Waals surface area contributed by atoms with Gasteiger partial charge >= 0.3 is 0 Å². The van der Waals surface area contributed by atoms with E-state index in [4.69, 9.17) is 11.0 Å². The summed E-state index contributed by atoms with van der Waals surface area (Å²) in [6.45, 7) is 0. The lowest BCUT2D eigenvalue weighted by Crippen LogP contribution is -1.99. The van der Waals surface area contributed by atoms with Crippen LogP contribution in [0.4, 0.5) is 17.2 Å². The Morgan fingerprint density at radius 3 is 2.67 bits per heavy atom. The van der Waals surface area contributed by atoms with Gasteiger partial charge in [-0.1, -0.05) is 15.9 Å².